The second-order valence-corrected chi connectivity index (χ2v) is 7.37. The van der Waals surface area contributed by atoms with E-state index in [2.05, 4.69) is 10.9 Å². The lowest BCUT2D eigenvalue weighted by atomic mass is 9.86. The number of rotatable bonds is 3. The molecule has 2 saturated heterocycles. The third-order valence-electron chi connectivity index (χ3n) is 5.76. The van der Waals surface area contributed by atoms with Gasteiger partial charge in [0.05, 0.1) is 0 Å². The van der Waals surface area contributed by atoms with Crippen molar-refractivity contribution in [2.24, 2.45) is 13.0 Å². The Bertz CT molecular complexity index is 764. The van der Waals surface area contributed by atoms with Crippen molar-refractivity contribution in [1.82, 2.24) is 20.3 Å². The molecule has 2 fully saturated rings. The van der Waals surface area contributed by atoms with Gasteiger partial charge >= 0.3 is 0 Å². The van der Waals surface area contributed by atoms with Crippen molar-refractivity contribution in [3.05, 3.63) is 59.7 Å². The summed E-state index contributed by atoms with van der Waals surface area (Å²) in [5.41, 5.74) is 8.63. The highest BCUT2D eigenvalue weighted by molar-refractivity contribution is 5.92. The molecule has 2 aromatic rings. The topological polar surface area (TPSA) is 49.3 Å². The predicted molar refractivity (Wildman–Crippen MR) is 97.9 cm³/mol. The van der Waals surface area contributed by atoms with Crippen molar-refractivity contribution < 1.29 is 9.18 Å². The van der Waals surface area contributed by atoms with Gasteiger partial charge in [-0.25, -0.2) is 4.39 Å². The number of piperidine rings is 1. The smallest absolute Gasteiger partial charge is 0.270 e. The lowest BCUT2D eigenvalue weighted by molar-refractivity contribution is 0.0663. The number of hydrogen-bond donors (Lipinski definition) is 2. The molecule has 0 saturated carbocycles. The van der Waals surface area contributed by atoms with E-state index in [9.17, 15) is 9.18 Å². The van der Waals surface area contributed by atoms with Crippen molar-refractivity contribution in [2.75, 3.05) is 13.1 Å². The molecule has 4 rings (SSSR count). The predicted octanol–water partition coefficient (Wildman–Crippen LogP) is 2.62. The quantitative estimate of drug-likeness (QED) is 0.889. The Morgan fingerprint density at radius 1 is 1.12 bits per heavy atom. The number of benzene rings is 1. The minimum atomic E-state index is -0.202. The van der Waals surface area contributed by atoms with Gasteiger partial charge < -0.3 is 9.47 Å². The molecular formula is C20H25FN4O. The monoisotopic (exact) mass is 356 g/mol. The van der Waals surface area contributed by atoms with Crippen molar-refractivity contribution >= 4 is 5.91 Å². The Morgan fingerprint density at radius 2 is 1.85 bits per heavy atom. The second-order valence-electron chi connectivity index (χ2n) is 7.37. The fourth-order valence-corrected chi connectivity index (χ4v) is 4.15. The van der Waals surface area contributed by atoms with E-state index < -0.39 is 0 Å². The average molecular weight is 356 g/mol. The maximum absolute atomic E-state index is 13.1. The molecule has 0 spiro atoms. The van der Waals surface area contributed by atoms with E-state index in [1.165, 1.54) is 12.1 Å². The highest BCUT2D eigenvalue weighted by atomic mass is 19.1. The van der Waals surface area contributed by atoms with E-state index in [-0.39, 0.29) is 17.8 Å². The lowest BCUT2D eigenvalue weighted by Gasteiger charge is -2.34. The Labute approximate surface area is 153 Å². The number of amides is 1. The molecule has 5 nitrogen and oxygen atoms in total. The molecule has 2 aliphatic heterocycles. The first-order valence-corrected chi connectivity index (χ1v) is 9.29. The van der Waals surface area contributed by atoms with Crippen LogP contribution in [-0.4, -0.2) is 34.5 Å². The van der Waals surface area contributed by atoms with Gasteiger partial charge in [0.25, 0.3) is 5.91 Å². The van der Waals surface area contributed by atoms with Gasteiger partial charge in [0.15, 0.2) is 0 Å². The molecule has 0 bridgehead atoms. The molecule has 2 N–H and O–H groups in total. The Kier molecular flexibility index (Phi) is 4.78. The summed E-state index contributed by atoms with van der Waals surface area (Å²) in [6, 6.07) is 11.1. The van der Waals surface area contributed by atoms with Crippen LogP contribution in [0.25, 0.3) is 0 Å². The number of carbonyl (C=O) groups is 1. The van der Waals surface area contributed by atoms with E-state index in [1.807, 2.05) is 47.0 Å². The number of hydrogen-bond acceptors (Lipinski definition) is 3. The van der Waals surface area contributed by atoms with Crippen LogP contribution in [0.2, 0.25) is 0 Å². The minimum Gasteiger partial charge on any atom is -0.347 e. The number of hydrazine groups is 1. The molecule has 6 heteroatoms. The van der Waals surface area contributed by atoms with Crippen LogP contribution < -0.4 is 10.9 Å². The Morgan fingerprint density at radius 3 is 2.50 bits per heavy atom. The standard InChI is InChI=1S/C20H25FN4O/c1-24-10-2-3-19(24)20(26)25-11-8-15(9-12-25)18-13-17(22-23-18)14-4-6-16(21)7-5-14/h2-7,10,15,17-18,22-23H,8-9,11-13H2,1H3. The summed E-state index contributed by atoms with van der Waals surface area (Å²) in [4.78, 5) is 14.6. The molecule has 2 atom stereocenters. The van der Waals surface area contributed by atoms with Crippen LogP contribution in [-0.2, 0) is 7.05 Å². The van der Waals surface area contributed by atoms with Crippen molar-refractivity contribution in [1.29, 1.82) is 0 Å². The van der Waals surface area contributed by atoms with Gasteiger partial charge in [0, 0.05) is 38.4 Å². The number of aryl methyl sites for hydroxylation is 1. The van der Waals surface area contributed by atoms with Crippen LogP contribution in [0, 0.1) is 11.7 Å². The van der Waals surface area contributed by atoms with Crippen LogP contribution in [0.15, 0.2) is 42.6 Å². The summed E-state index contributed by atoms with van der Waals surface area (Å²) in [5.74, 6) is 0.467. The van der Waals surface area contributed by atoms with Gasteiger partial charge in [-0.3, -0.25) is 15.6 Å². The summed E-state index contributed by atoms with van der Waals surface area (Å²) in [6.45, 7) is 1.60. The minimum absolute atomic E-state index is 0.123. The molecule has 2 aliphatic rings. The highest BCUT2D eigenvalue weighted by Crippen LogP contribution is 2.31. The van der Waals surface area contributed by atoms with Gasteiger partial charge in [-0.15, -0.1) is 0 Å². The largest absolute Gasteiger partial charge is 0.347 e. The summed E-state index contributed by atoms with van der Waals surface area (Å²) in [5, 5.41) is 0. The molecule has 26 heavy (non-hydrogen) atoms. The van der Waals surface area contributed by atoms with Crippen LogP contribution >= 0.6 is 0 Å². The molecule has 2 unspecified atom stereocenters. The maximum Gasteiger partial charge on any atom is 0.270 e. The van der Waals surface area contributed by atoms with Gasteiger partial charge in [-0.05, 0) is 55.0 Å². The fourth-order valence-electron chi connectivity index (χ4n) is 4.15. The van der Waals surface area contributed by atoms with Crippen LogP contribution in [0.3, 0.4) is 0 Å². The zero-order valence-corrected chi connectivity index (χ0v) is 15.0. The molecule has 0 radical (unpaired) electrons. The third kappa shape index (κ3) is 3.39. The van der Waals surface area contributed by atoms with Crippen LogP contribution in [0.5, 0.6) is 0 Å². The van der Waals surface area contributed by atoms with E-state index in [0.29, 0.717) is 12.0 Å². The van der Waals surface area contributed by atoms with E-state index >= 15 is 0 Å². The number of carbonyl (C=O) groups excluding carboxylic acids is 1. The summed E-state index contributed by atoms with van der Waals surface area (Å²) in [7, 11) is 1.91. The van der Waals surface area contributed by atoms with Gasteiger partial charge in [-0.1, -0.05) is 12.1 Å². The summed E-state index contributed by atoms with van der Waals surface area (Å²) in [6.07, 6.45) is 4.91. The van der Waals surface area contributed by atoms with Gasteiger partial charge in [0.1, 0.15) is 11.5 Å². The zero-order valence-electron chi connectivity index (χ0n) is 15.0. The number of likely N-dealkylation sites (tertiary alicyclic amines) is 1. The Balaban J connectivity index is 1.32. The van der Waals surface area contributed by atoms with Gasteiger partial charge in [0.2, 0.25) is 0 Å². The second kappa shape index (κ2) is 7.21. The first-order chi connectivity index (χ1) is 12.6. The number of nitrogens with zero attached hydrogens (tertiary/aromatic N) is 2. The number of nitrogens with one attached hydrogen (secondary N) is 2. The molecular weight excluding hydrogens is 331 g/mol. The lowest BCUT2D eigenvalue weighted by Crippen LogP contribution is -2.44. The first-order valence-electron chi connectivity index (χ1n) is 9.29. The zero-order chi connectivity index (χ0) is 18.1. The van der Waals surface area contributed by atoms with Crippen molar-refractivity contribution in [2.45, 2.75) is 31.3 Å². The highest BCUT2D eigenvalue weighted by Gasteiger charge is 2.34. The van der Waals surface area contributed by atoms with E-state index in [1.54, 1.807) is 0 Å². The van der Waals surface area contributed by atoms with Crippen LogP contribution in [0.1, 0.15) is 41.4 Å². The number of aromatic nitrogens is 1. The molecule has 1 aromatic heterocycles. The molecule has 1 amide bonds. The van der Waals surface area contributed by atoms with Crippen molar-refractivity contribution in [3.63, 3.8) is 0 Å². The summed E-state index contributed by atoms with van der Waals surface area (Å²) >= 11 is 0. The van der Waals surface area contributed by atoms with Crippen LogP contribution in [0.4, 0.5) is 4.39 Å². The molecule has 1 aromatic carbocycles. The van der Waals surface area contributed by atoms with Gasteiger partial charge in [-0.2, -0.15) is 0 Å². The average Bonchev–Trinajstić information content (AvgIpc) is 3.31. The third-order valence-corrected chi connectivity index (χ3v) is 5.76. The van der Waals surface area contributed by atoms with E-state index in [0.717, 1.165) is 43.6 Å². The maximum atomic E-state index is 13.1. The molecule has 138 valence electrons. The van der Waals surface area contributed by atoms with E-state index in [4.69, 9.17) is 0 Å². The summed E-state index contributed by atoms with van der Waals surface area (Å²) < 4.78 is 15.0. The number of halogens is 1. The SMILES string of the molecule is Cn1cccc1C(=O)N1CCC(C2CC(c3ccc(F)cc3)NN2)CC1. The molecule has 0 aliphatic carbocycles. The first kappa shape index (κ1) is 17.2. The van der Waals surface area contributed by atoms with Crippen molar-refractivity contribution in [3.8, 4) is 0 Å². The molecule has 3 heterocycles. The Hall–Kier alpha value is -2.18. The fraction of sp³-hybridized carbons (Fsp3) is 0.450. The normalized spacial score (nSPS) is 24.2.